The van der Waals surface area contributed by atoms with Crippen LogP contribution < -0.4 is 14.8 Å². The van der Waals surface area contributed by atoms with Gasteiger partial charge in [0.15, 0.2) is 11.5 Å². The fourth-order valence-electron chi connectivity index (χ4n) is 2.19. The van der Waals surface area contributed by atoms with Crippen LogP contribution in [0.25, 0.3) is 0 Å². The number of ether oxygens (including phenoxy) is 2. The number of hydrogen-bond acceptors (Lipinski definition) is 3. The van der Waals surface area contributed by atoms with Gasteiger partial charge in [-0.05, 0) is 36.7 Å². The lowest BCUT2D eigenvalue weighted by molar-refractivity contribution is 0.279. The second-order valence-electron chi connectivity index (χ2n) is 5.17. The molecule has 0 aliphatic rings. The van der Waals surface area contributed by atoms with Crippen LogP contribution >= 0.6 is 24.0 Å². The number of benzene rings is 2. The first-order valence-corrected chi connectivity index (χ1v) is 7.96. The normalized spacial score (nSPS) is 10.2. The van der Waals surface area contributed by atoms with Crippen molar-refractivity contribution in [3.05, 3.63) is 58.4 Å². The minimum Gasteiger partial charge on any atom is -0.493 e. The molecule has 0 spiro atoms. The maximum absolute atomic E-state index is 13.7. The number of halogens is 3. The van der Waals surface area contributed by atoms with Gasteiger partial charge in [0.05, 0.1) is 12.1 Å². The van der Waals surface area contributed by atoms with Crippen LogP contribution in [-0.2, 0) is 13.2 Å². The van der Waals surface area contributed by atoms with E-state index in [9.17, 15) is 4.39 Å². The summed E-state index contributed by atoms with van der Waals surface area (Å²) in [6.45, 7) is 3.85. The van der Waals surface area contributed by atoms with Crippen molar-refractivity contribution in [1.82, 2.24) is 5.32 Å². The van der Waals surface area contributed by atoms with Crippen molar-refractivity contribution in [3.63, 3.8) is 0 Å². The van der Waals surface area contributed by atoms with E-state index < -0.39 is 0 Å². The summed E-state index contributed by atoms with van der Waals surface area (Å²) < 4.78 is 24.7. The highest BCUT2D eigenvalue weighted by molar-refractivity contribution is 6.32. The summed E-state index contributed by atoms with van der Waals surface area (Å²) in [6.07, 6.45) is 1.06. The third-order valence-electron chi connectivity index (χ3n) is 3.37. The van der Waals surface area contributed by atoms with Crippen LogP contribution in [-0.4, -0.2) is 13.7 Å². The van der Waals surface area contributed by atoms with E-state index in [4.69, 9.17) is 21.1 Å². The second-order valence-corrected chi connectivity index (χ2v) is 5.57. The Morgan fingerprint density at radius 2 is 1.96 bits per heavy atom. The first-order chi connectivity index (χ1) is 11.2. The summed E-state index contributed by atoms with van der Waals surface area (Å²) in [5, 5.41) is 3.76. The van der Waals surface area contributed by atoms with Crippen LogP contribution in [0.5, 0.6) is 11.5 Å². The van der Waals surface area contributed by atoms with Crippen molar-refractivity contribution < 1.29 is 13.9 Å². The molecule has 0 aromatic heterocycles. The number of methoxy groups -OCH3 is 1. The Bertz CT molecular complexity index is 653. The van der Waals surface area contributed by atoms with E-state index in [2.05, 4.69) is 12.2 Å². The zero-order valence-electron chi connectivity index (χ0n) is 13.8. The molecule has 0 amide bonds. The van der Waals surface area contributed by atoms with E-state index in [1.54, 1.807) is 25.3 Å². The molecule has 2 aromatic rings. The third kappa shape index (κ3) is 5.55. The Labute approximate surface area is 153 Å². The smallest absolute Gasteiger partial charge is 0.180 e. The molecule has 132 valence electrons. The van der Waals surface area contributed by atoms with Gasteiger partial charge in [-0.15, -0.1) is 12.4 Å². The molecule has 0 aliphatic heterocycles. The lowest BCUT2D eigenvalue weighted by Gasteiger charge is -2.15. The van der Waals surface area contributed by atoms with Crippen LogP contribution in [0.4, 0.5) is 4.39 Å². The summed E-state index contributed by atoms with van der Waals surface area (Å²) in [7, 11) is 1.56. The minimum atomic E-state index is -0.303. The highest BCUT2D eigenvalue weighted by Crippen LogP contribution is 2.37. The summed E-state index contributed by atoms with van der Waals surface area (Å²) in [4.78, 5) is 0. The molecular formula is C18H22Cl2FNO2. The molecule has 0 bridgehead atoms. The zero-order chi connectivity index (χ0) is 16.7. The van der Waals surface area contributed by atoms with Gasteiger partial charge in [-0.2, -0.15) is 0 Å². The van der Waals surface area contributed by atoms with Crippen LogP contribution in [0.2, 0.25) is 5.02 Å². The van der Waals surface area contributed by atoms with Gasteiger partial charge < -0.3 is 14.8 Å². The van der Waals surface area contributed by atoms with Gasteiger partial charge in [-0.1, -0.05) is 36.7 Å². The van der Waals surface area contributed by atoms with Crippen LogP contribution in [0, 0.1) is 5.82 Å². The third-order valence-corrected chi connectivity index (χ3v) is 3.66. The lowest BCUT2D eigenvalue weighted by Crippen LogP contribution is -2.14. The van der Waals surface area contributed by atoms with Gasteiger partial charge in [-0.3, -0.25) is 0 Å². The molecule has 0 aliphatic carbocycles. The highest BCUT2D eigenvalue weighted by Gasteiger charge is 2.13. The maximum atomic E-state index is 13.7. The highest BCUT2D eigenvalue weighted by atomic mass is 35.5. The SMILES string of the molecule is CCCNCc1cc(Cl)c(OCc2ccccc2F)c(OC)c1.Cl. The molecule has 0 heterocycles. The molecule has 2 rings (SSSR count). The average Bonchev–Trinajstić information content (AvgIpc) is 2.55. The predicted molar refractivity (Wildman–Crippen MR) is 98.0 cm³/mol. The van der Waals surface area contributed by atoms with Gasteiger partial charge in [0.1, 0.15) is 12.4 Å². The number of rotatable bonds is 8. The molecule has 0 saturated heterocycles. The van der Waals surface area contributed by atoms with Crippen molar-refractivity contribution in [2.75, 3.05) is 13.7 Å². The van der Waals surface area contributed by atoms with Crippen molar-refractivity contribution in [3.8, 4) is 11.5 Å². The van der Waals surface area contributed by atoms with E-state index >= 15 is 0 Å². The Hall–Kier alpha value is -1.49. The first-order valence-electron chi connectivity index (χ1n) is 7.59. The lowest BCUT2D eigenvalue weighted by atomic mass is 10.2. The van der Waals surface area contributed by atoms with Gasteiger partial charge in [0.25, 0.3) is 0 Å². The molecule has 0 atom stereocenters. The van der Waals surface area contributed by atoms with Crippen molar-refractivity contribution in [2.45, 2.75) is 26.5 Å². The van der Waals surface area contributed by atoms with Gasteiger partial charge >= 0.3 is 0 Å². The van der Waals surface area contributed by atoms with Crippen molar-refractivity contribution in [1.29, 1.82) is 0 Å². The molecule has 6 heteroatoms. The molecule has 3 nitrogen and oxygen atoms in total. The standard InChI is InChI=1S/C18H21ClFNO2.ClH/c1-3-8-21-11-13-9-15(19)18(17(10-13)22-2)23-12-14-6-4-5-7-16(14)20;/h4-7,9-10,21H,3,8,11-12H2,1-2H3;1H. The van der Waals surface area contributed by atoms with Crippen LogP contribution in [0.1, 0.15) is 24.5 Å². The average molecular weight is 374 g/mol. The molecular weight excluding hydrogens is 352 g/mol. The predicted octanol–water partition coefficient (Wildman–Crippen LogP) is 4.99. The minimum absolute atomic E-state index is 0. The van der Waals surface area contributed by atoms with Crippen LogP contribution in [0.3, 0.4) is 0 Å². The Morgan fingerprint density at radius 3 is 2.62 bits per heavy atom. The monoisotopic (exact) mass is 373 g/mol. The van der Waals surface area contributed by atoms with Gasteiger partial charge in [0, 0.05) is 12.1 Å². The molecule has 1 N–H and O–H groups in total. The summed E-state index contributed by atoms with van der Waals surface area (Å²) >= 11 is 6.31. The van der Waals surface area contributed by atoms with E-state index in [1.165, 1.54) is 6.07 Å². The number of hydrogen-bond donors (Lipinski definition) is 1. The summed E-state index contributed by atoms with van der Waals surface area (Å²) in [5.41, 5.74) is 1.48. The van der Waals surface area contributed by atoms with Crippen molar-refractivity contribution >= 4 is 24.0 Å². The zero-order valence-corrected chi connectivity index (χ0v) is 15.3. The quantitative estimate of drug-likeness (QED) is 0.661. The Morgan fingerprint density at radius 1 is 1.21 bits per heavy atom. The maximum Gasteiger partial charge on any atom is 0.180 e. The Kier molecular flexibility index (Phi) is 8.90. The van der Waals surface area contributed by atoms with E-state index in [1.807, 2.05) is 12.1 Å². The van der Waals surface area contributed by atoms with Gasteiger partial charge in [0.2, 0.25) is 0 Å². The summed E-state index contributed by atoms with van der Waals surface area (Å²) in [5.74, 6) is 0.668. The van der Waals surface area contributed by atoms with E-state index in [0.717, 1.165) is 18.5 Å². The Balaban J connectivity index is 0.00000288. The molecule has 2 aromatic carbocycles. The van der Waals surface area contributed by atoms with Gasteiger partial charge in [-0.25, -0.2) is 4.39 Å². The molecule has 0 radical (unpaired) electrons. The molecule has 0 unspecified atom stereocenters. The topological polar surface area (TPSA) is 30.5 Å². The van der Waals surface area contributed by atoms with E-state index in [0.29, 0.717) is 28.6 Å². The molecule has 0 fully saturated rings. The fourth-order valence-corrected chi connectivity index (χ4v) is 2.48. The van der Waals surface area contributed by atoms with Crippen molar-refractivity contribution in [2.24, 2.45) is 0 Å². The van der Waals surface area contributed by atoms with Crippen LogP contribution in [0.15, 0.2) is 36.4 Å². The molecule has 0 saturated carbocycles. The van der Waals surface area contributed by atoms with E-state index in [-0.39, 0.29) is 24.8 Å². The largest absolute Gasteiger partial charge is 0.493 e. The first kappa shape index (κ1) is 20.6. The second kappa shape index (κ2) is 10.4. The summed E-state index contributed by atoms with van der Waals surface area (Å²) in [6, 6.07) is 10.2. The molecule has 24 heavy (non-hydrogen) atoms. The fraction of sp³-hybridized carbons (Fsp3) is 0.333. The number of nitrogens with one attached hydrogen (secondary N) is 1.